The van der Waals surface area contributed by atoms with Gasteiger partial charge in [0.15, 0.2) is 9.84 Å². The summed E-state index contributed by atoms with van der Waals surface area (Å²) in [7, 11) is -1.26. The monoisotopic (exact) mass is 326 g/mol. The molecule has 2 aliphatic heterocycles. The van der Waals surface area contributed by atoms with Crippen LogP contribution in [0.2, 0.25) is 0 Å². The molecule has 2 aliphatic rings. The molecule has 122 valence electrons. The van der Waals surface area contributed by atoms with E-state index < -0.39 is 9.84 Å². The predicted molar refractivity (Wildman–Crippen MR) is 81.9 cm³/mol. The molecule has 0 aromatic carbocycles. The maximum atomic E-state index is 12.7. The van der Waals surface area contributed by atoms with Crippen LogP contribution < -0.4 is 0 Å². The van der Waals surface area contributed by atoms with Crippen LogP contribution in [0.5, 0.6) is 0 Å². The number of sulfone groups is 1. The Kier molecular flexibility index (Phi) is 3.98. The van der Waals surface area contributed by atoms with E-state index >= 15 is 0 Å². The first kappa shape index (κ1) is 15.5. The number of hydrogen-bond acceptors (Lipinski definition) is 5. The van der Waals surface area contributed by atoms with Gasteiger partial charge in [0.1, 0.15) is 5.82 Å². The molecule has 1 aromatic heterocycles. The minimum absolute atomic E-state index is 0.0119. The Hall–Kier alpha value is -1.41. The molecule has 0 unspecified atom stereocenters. The third kappa shape index (κ3) is 2.89. The molecule has 0 radical (unpaired) electrons. The van der Waals surface area contributed by atoms with E-state index in [1.807, 2.05) is 13.1 Å². The Balaban J connectivity index is 1.65. The Bertz CT molecular complexity index is 669. The van der Waals surface area contributed by atoms with Gasteiger partial charge < -0.3 is 9.47 Å². The van der Waals surface area contributed by atoms with Crippen LogP contribution in [-0.2, 0) is 27.7 Å². The summed E-state index contributed by atoms with van der Waals surface area (Å²) in [6, 6.07) is -0.453. The van der Waals surface area contributed by atoms with Crippen LogP contribution in [0.3, 0.4) is 0 Å². The topological polar surface area (TPSA) is 75.5 Å². The summed E-state index contributed by atoms with van der Waals surface area (Å²) in [6.45, 7) is 4.17. The highest BCUT2D eigenvalue weighted by Crippen LogP contribution is 2.20. The van der Waals surface area contributed by atoms with Crippen molar-refractivity contribution in [2.24, 2.45) is 0 Å². The maximum absolute atomic E-state index is 12.7. The van der Waals surface area contributed by atoms with E-state index in [4.69, 9.17) is 0 Å². The van der Waals surface area contributed by atoms with Crippen molar-refractivity contribution in [1.82, 2.24) is 19.4 Å². The van der Waals surface area contributed by atoms with E-state index in [1.54, 1.807) is 18.1 Å². The van der Waals surface area contributed by atoms with Crippen LogP contribution in [0.15, 0.2) is 12.4 Å². The number of aromatic nitrogens is 2. The molecule has 0 N–H and O–H groups in total. The molecule has 0 spiro atoms. The van der Waals surface area contributed by atoms with Crippen molar-refractivity contribution in [2.75, 3.05) is 25.1 Å². The molecule has 1 saturated heterocycles. The summed E-state index contributed by atoms with van der Waals surface area (Å²) in [5, 5.41) is 0. The quantitative estimate of drug-likeness (QED) is 0.764. The number of rotatable bonds is 3. The summed E-state index contributed by atoms with van der Waals surface area (Å²) < 4.78 is 25.3. The lowest BCUT2D eigenvalue weighted by Crippen LogP contribution is -2.51. The van der Waals surface area contributed by atoms with Crippen molar-refractivity contribution in [3.8, 4) is 0 Å². The molecule has 0 bridgehead atoms. The zero-order valence-electron chi connectivity index (χ0n) is 13.0. The van der Waals surface area contributed by atoms with Gasteiger partial charge >= 0.3 is 0 Å². The second kappa shape index (κ2) is 5.66. The van der Waals surface area contributed by atoms with E-state index in [0.717, 1.165) is 18.9 Å². The SMILES string of the molecule is C[C@@H](C(=O)N(C)[C@@H]1CCS(=O)(=O)C1)N1CCn2ccnc2C1. The van der Waals surface area contributed by atoms with Crippen molar-refractivity contribution < 1.29 is 13.2 Å². The smallest absolute Gasteiger partial charge is 0.239 e. The summed E-state index contributed by atoms with van der Waals surface area (Å²) >= 11 is 0. The predicted octanol–water partition coefficient (Wildman–Crippen LogP) is -0.267. The number of imidazole rings is 1. The normalized spacial score (nSPS) is 25.6. The van der Waals surface area contributed by atoms with E-state index in [-0.39, 0.29) is 29.5 Å². The van der Waals surface area contributed by atoms with Gasteiger partial charge in [0, 0.05) is 38.6 Å². The van der Waals surface area contributed by atoms with Crippen molar-refractivity contribution in [3.05, 3.63) is 18.2 Å². The van der Waals surface area contributed by atoms with Gasteiger partial charge in [-0.1, -0.05) is 0 Å². The standard InChI is InChI=1S/C14H22N4O3S/c1-11(18-7-6-17-5-4-15-13(17)9-18)14(19)16(2)12-3-8-22(20,21)10-12/h4-5,11-12H,3,6-10H2,1-2H3/t11-,12+/m0/s1. The van der Waals surface area contributed by atoms with Crippen LogP contribution >= 0.6 is 0 Å². The number of nitrogens with zero attached hydrogens (tertiary/aromatic N) is 4. The molecular weight excluding hydrogens is 304 g/mol. The van der Waals surface area contributed by atoms with Gasteiger partial charge in [-0.15, -0.1) is 0 Å². The molecule has 1 amide bonds. The lowest BCUT2D eigenvalue weighted by Gasteiger charge is -2.35. The van der Waals surface area contributed by atoms with Gasteiger partial charge in [0.05, 0.1) is 24.1 Å². The van der Waals surface area contributed by atoms with Crippen LogP contribution in [0.25, 0.3) is 0 Å². The summed E-state index contributed by atoms with van der Waals surface area (Å²) in [5.74, 6) is 1.23. The van der Waals surface area contributed by atoms with Crippen LogP contribution in [0.1, 0.15) is 19.2 Å². The largest absolute Gasteiger partial charge is 0.340 e. The molecule has 2 atom stereocenters. The minimum atomic E-state index is -2.98. The highest BCUT2D eigenvalue weighted by Gasteiger charge is 2.36. The minimum Gasteiger partial charge on any atom is -0.340 e. The van der Waals surface area contributed by atoms with Crippen molar-refractivity contribution in [2.45, 2.75) is 38.5 Å². The maximum Gasteiger partial charge on any atom is 0.239 e. The second-order valence-corrected chi connectivity index (χ2v) is 8.42. The molecule has 0 saturated carbocycles. The first-order chi connectivity index (χ1) is 10.4. The summed E-state index contributed by atoms with van der Waals surface area (Å²) in [4.78, 5) is 20.7. The third-order valence-electron chi connectivity index (χ3n) is 4.78. The van der Waals surface area contributed by atoms with E-state index in [2.05, 4.69) is 14.5 Å². The number of likely N-dealkylation sites (N-methyl/N-ethyl adjacent to an activating group) is 1. The third-order valence-corrected chi connectivity index (χ3v) is 6.53. The number of carbonyl (C=O) groups excluding carboxylic acids is 1. The molecule has 0 aliphatic carbocycles. The molecule has 1 fully saturated rings. The van der Waals surface area contributed by atoms with Gasteiger partial charge in [-0.05, 0) is 13.3 Å². The van der Waals surface area contributed by atoms with E-state index in [0.29, 0.717) is 13.0 Å². The molecule has 7 nitrogen and oxygen atoms in total. The summed E-state index contributed by atoms with van der Waals surface area (Å²) in [6.07, 6.45) is 4.28. The molecule has 3 heterocycles. The highest BCUT2D eigenvalue weighted by molar-refractivity contribution is 7.91. The van der Waals surface area contributed by atoms with Gasteiger partial charge in [0.25, 0.3) is 0 Å². The van der Waals surface area contributed by atoms with Crippen LogP contribution in [0.4, 0.5) is 0 Å². The second-order valence-electron chi connectivity index (χ2n) is 6.19. The Morgan fingerprint density at radius 2 is 2.23 bits per heavy atom. The lowest BCUT2D eigenvalue weighted by atomic mass is 10.1. The molecule has 1 aromatic rings. The average Bonchev–Trinajstić information content (AvgIpc) is 3.09. The lowest BCUT2D eigenvalue weighted by molar-refractivity contribution is -0.137. The Morgan fingerprint density at radius 1 is 1.45 bits per heavy atom. The zero-order valence-corrected chi connectivity index (χ0v) is 13.8. The van der Waals surface area contributed by atoms with Crippen molar-refractivity contribution in [3.63, 3.8) is 0 Å². The fourth-order valence-electron chi connectivity index (χ4n) is 3.23. The number of fused-ring (bicyclic) bond motifs is 1. The number of hydrogen-bond donors (Lipinski definition) is 0. The summed E-state index contributed by atoms with van der Waals surface area (Å²) in [5.41, 5.74) is 0. The fourth-order valence-corrected chi connectivity index (χ4v) is 5.01. The van der Waals surface area contributed by atoms with Gasteiger partial charge in [-0.2, -0.15) is 0 Å². The van der Waals surface area contributed by atoms with Gasteiger partial charge in [-0.25, -0.2) is 13.4 Å². The molecular formula is C14H22N4O3S. The first-order valence-electron chi connectivity index (χ1n) is 7.58. The Labute approximate surface area is 130 Å². The van der Waals surface area contributed by atoms with Crippen molar-refractivity contribution >= 4 is 15.7 Å². The first-order valence-corrected chi connectivity index (χ1v) is 9.41. The van der Waals surface area contributed by atoms with Crippen molar-refractivity contribution in [1.29, 1.82) is 0 Å². The van der Waals surface area contributed by atoms with Gasteiger partial charge in [-0.3, -0.25) is 9.69 Å². The van der Waals surface area contributed by atoms with E-state index in [9.17, 15) is 13.2 Å². The molecule has 3 rings (SSSR count). The number of carbonyl (C=O) groups is 1. The van der Waals surface area contributed by atoms with Crippen LogP contribution in [-0.4, -0.2) is 70.9 Å². The Morgan fingerprint density at radius 3 is 2.91 bits per heavy atom. The molecule has 22 heavy (non-hydrogen) atoms. The van der Waals surface area contributed by atoms with Gasteiger partial charge in [0.2, 0.25) is 5.91 Å². The van der Waals surface area contributed by atoms with Crippen LogP contribution in [0, 0.1) is 0 Å². The molecule has 8 heteroatoms. The average molecular weight is 326 g/mol. The zero-order chi connectivity index (χ0) is 15.9. The van der Waals surface area contributed by atoms with E-state index in [1.165, 1.54) is 0 Å². The number of amides is 1. The highest BCUT2D eigenvalue weighted by atomic mass is 32.2. The fraction of sp³-hybridized carbons (Fsp3) is 0.714.